The van der Waals surface area contributed by atoms with E-state index in [4.69, 9.17) is 0 Å². The summed E-state index contributed by atoms with van der Waals surface area (Å²) in [6, 6.07) is 6.21. The van der Waals surface area contributed by atoms with Gasteiger partial charge < -0.3 is 4.90 Å². The Morgan fingerprint density at radius 3 is 2.94 bits per heavy atom. The molecule has 1 aromatic heterocycles. The maximum absolute atomic E-state index is 4.44. The van der Waals surface area contributed by atoms with E-state index in [0.29, 0.717) is 5.41 Å². The van der Waals surface area contributed by atoms with E-state index in [-0.39, 0.29) is 0 Å². The van der Waals surface area contributed by atoms with Gasteiger partial charge in [-0.1, -0.05) is 6.07 Å². The summed E-state index contributed by atoms with van der Waals surface area (Å²) in [6.07, 6.45) is 6.05. The van der Waals surface area contributed by atoms with E-state index in [1.807, 2.05) is 12.3 Å². The van der Waals surface area contributed by atoms with Crippen molar-refractivity contribution in [1.82, 2.24) is 14.8 Å². The lowest BCUT2D eigenvalue weighted by atomic mass is 9.79. The van der Waals surface area contributed by atoms with Gasteiger partial charge in [-0.2, -0.15) is 0 Å². The van der Waals surface area contributed by atoms with Gasteiger partial charge in [0.15, 0.2) is 0 Å². The highest BCUT2D eigenvalue weighted by atomic mass is 15.2. The van der Waals surface area contributed by atoms with E-state index in [1.54, 1.807) is 0 Å². The molecule has 3 heterocycles. The zero-order valence-electron chi connectivity index (χ0n) is 11.3. The van der Waals surface area contributed by atoms with E-state index in [0.717, 1.165) is 6.54 Å². The van der Waals surface area contributed by atoms with Crippen molar-refractivity contribution in [3.05, 3.63) is 30.1 Å². The van der Waals surface area contributed by atoms with E-state index in [1.165, 1.54) is 51.1 Å². The van der Waals surface area contributed by atoms with E-state index in [9.17, 15) is 0 Å². The zero-order chi connectivity index (χ0) is 12.4. The van der Waals surface area contributed by atoms with Crippen molar-refractivity contribution in [2.24, 2.45) is 5.41 Å². The van der Waals surface area contributed by atoms with Crippen molar-refractivity contribution in [2.45, 2.75) is 25.8 Å². The smallest absolute Gasteiger partial charge is 0.0543 e. The topological polar surface area (TPSA) is 19.4 Å². The summed E-state index contributed by atoms with van der Waals surface area (Å²) in [5.41, 5.74) is 1.78. The lowest BCUT2D eigenvalue weighted by Crippen LogP contribution is -2.42. The molecular weight excluding hydrogens is 222 g/mol. The van der Waals surface area contributed by atoms with Gasteiger partial charge in [-0.05, 0) is 56.9 Å². The second-order valence-electron chi connectivity index (χ2n) is 6.12. The highest BCUT2D eigenvalue weighted by Gasteiger charge is 2.40. The van der Waals surface area contributed by atoms with Crippen LogP contribution in [-0.2, 0) is 6.54 Å². The van der Waals surface area contributed by atoms with Crippen LogP contribution in [0.2, 0.25) is 0 Å². The van der Waals surface area contributed by atoms with E-state index < -0.39 is 0 Å². The predicted molar refractivity (Wildman–Crippen MR) is 73.3 cm³/mol. The van der Waals surface area contributed by atoms with E-state index in [2.05, 4.69) is 34.0 Å². The normalized spacial score (nSPS) is 30.1. The molecule has 0 aliphatic carbocycles. The Morgan fingerprint density at radius 1 is 1.22 bits per heavy atom. The molecule has 2 aliphatic rings. The summed E-state index contributed by atoms with van der Waals surface area (Å²) in [4.78, 5) is 9.53. The SMILES string of the molecule is CN1CCC[C@@]2(CCN(Cc3ccccn3)C2)C1. The first-order chi connectivity index (χ1) is 8.76. The maximum Gasteiger partial charge on any atom is 0.0543 e. The molecule has 3 nitrogen and oxygen atoms in total. The van der Waals surface area contributed by atoms with Gasteiger partial charge in [-0.25, -0.2) is 0 Å². The van der Waals surface area contributed by atoms with Crippen molar-refractivity contribution in [2.75, 3.05) is 33.2 Å². The Balaban J connectivity index is 1.61. The number of aromatic nitrogens is 1. The largest absolute Gasteiger partial charge is 0.306 e. The minimum absolute atomic E-state index is 0.571. The van der Waals surface area contributed by atoms with Gasteiger partial charge in [0.25, 0.3) is 0 Å². The second-order valence-corrected chi connectivity index (χ2v) is 6.12. The molecule has 2 aliphatic heterocycles. The average molecular weight is 245 g/mol. The summed E-state index contributed by atoms with van der Waals surface area (Å²) < 4.78 is 0. The summed E-state index contributed by atoms with van der Waals surface area (Å²) in [6.45, 7) is 6.08. The molecular formula is C15H23N3. The standard InChI is InChI=1S/C15H23N3/c1-17-9-4-6-15(12-17)7-10-18(13-15)11-14-5-2-3-8-16-14/h2-3,5,8H,4,6-7,9-13H2,1H3/t15-/m1/s1. The molecule has 1 atom stereocenters. The van der Waals surface area contributed by atoms with Gasteiger partial charge in [-0.3, -0.25) is 9.88 Å². The third-order valence-electron chi connectivity index (χ3n) is 4.48. The van der Waals surface area contributed by atoms with Crippen LogP contribution in [0.25, 0.3) is 0 Å². The number of pyridine rings is 1. The molecule has 3 heteroatoms. The number of nitrogens with zero attached hydrogens (tertiary/aromatic N) is 3. The van der Waals surface area contributed by atoms with E-state index >= 15 is 0 Å². The van der Waals surface area contributed by atoms with Crippen molar-refractivity contribution >= 4 is 0 Å². The van der Waals surface area contributed by atoms with Gasteiger partial charge in [-0.15, -0.1) is 0 Å². The highest BCUT2D eigenvalue weighted by molar-refractivity contribution is 5.04. The number of rotatable bonds is 2. The van der Waals surface area contributed by atoms with Crippen LogP contribution >= 0.6 is 0 Å². The monoisotopic (exact) mass is 245 g/mol. The van der Waals surface area contributed by atoms with Crippen molar-refractivity contribution in [3.8, 4) is 0 Å². The molecule has 0 unspecified atom stereocenters. The predicted octanol–water partition coefficient (Wildman–Crippen LogP) is 2.00. The summed E-state index contributed by atoms with van der Waals surface area (Å²) in [5, 5.41) is 0. The van der Waals surface area contributed by atoms with Crippen LogP contribution in [0.5, 0.6) is 0 Å². The van der Waals surface area contributed by atoms with Crippen LogP contribution in [0, 0.1) is 5.41 Å². The van der Waals surface area contributed by atoms with Gasteiger partial charge in [0.2, 0.25) is 0 Å². The van der Waals surface area contributed by atoms with Crippen LogP contribution in [0.15, 0.2) is 24.4 Å². The van der Waals surface area contributed by atoms with Crippen molar-refractivity contribution in [3.63, 3.8) is 0 Å². The molecule has 0 radical (unpaired) electrons. The average Bonchev–Trinajstić information content (AvgIpc) is 2.73. The summed E-state index contributed by atoms with van der Waals surface area (Å²) >= 11 is 0. The minimum Gasteiger partial charge on any atom is -0.306 e. The Labute approximate surface area is 110 Å². The van der Waals surface area contributed by atoms with Gasteiger partial charge in [0, 0.05) is 25.8 Å². The Bertz CT molecular complexity index is 392. The molecule has 0 saturated carbocycles. The molecule has 1 spiro atoms. The fourth-order valence-corrected chi connectivity index (χ4v) is 3.67. The Kier molecular flexibility index (Phi) is 3.35. The van der Waals surface area contributed by atoms with Crippen molar-refractivity contribution < 1.29 is 0 Å². The molecule has 1 aromatic rings. The lowest BCUT2D eigenvalue weighted by Gasteiger charge is -2.38. The fraction of sp³-hybridized carbons (Fsp3) is 0.667. The van der Waals surface area contributed by atoms with Crippen LogP contribution in [0.1, 0.15) is 25.0 Å². The second kappa shape index (κ2) is 4.98. The molecule has 0 aromatic carbocycles. The maximum atomic E-state index is 4.44. The Morgan fingerprint density at radius 2 is 2.17 bits per heavy atom. The minimum atomic E-state index is 0.571. The Hall–Kier alpha value is -0.930. The zero-order valence-corrected chi connectivity index (χ0v) is 11.3. The quantitative estimate of drug-likeness (QED) is 0.794. The highest BCUT2D eigenvalue weighted by Crippen LogP contribution is 2.38. The molecule has 2 fully saturated rings. The lowest BCUT2D eigenvalue weighted by molar-refractivity contribution is 0.112. The molecule has 0 N–H and O–H groups in total. The van der Waals surface area contributed by atoms with Crippen LogP contribution in [0.4, 0.5) is 0 Å². The first kappa shape index (κ1) is 12.1. The number of piperidine rings is 1. The molecule has 98 valence electrons. The molecule has 3 rings (SSSR count). The summed E-state index contributed by atoms with van der Waals surface area (Å²) in [5.74, 6) is 0. The number of likely N-dealkylation sites (tertiary alicyclic amines) is 2. The first-order valence-corrected chi connectivity index (χ1v) is 7.07. The fourth-order valence-electron chi connectivity index (χ4n) is 3.67. The molecule has 18 heavy (non-hydrogen) atoms. The third kappa shape index (κ3) is 2.57. The van der Waals surface area contributed by atoms with Crippen LogP contribution in [-0.4, -0.2) is 48.0 Å². The first-order valence-electron chi connectivity index (χ1n) is 7.07. The van der Waals surface area contributed by atoms with Crippen LogP contribution in [0.3, 0.4) is 0 Å². The molecule has 0 amide bonds. The summed E-state index contributed by atoms with van der Waals surface area (Å²) in [7, 11) is 2.27. The molecule has 0 bridgehead atoms. The molecule has 2 saturated heterocycles. The number of hydrogen-bond donors (Lipinski definition) is 0. The van der Waals surface area contributed by atoms with Gasteiger partial charge in [0.05, 0.1) is 5.69 Å². The van der Waals surface area contributed by atoms with Crippen molar-refractivity contribution in [1.29, 1.82) is 0 Å². The number of hydrogen-bond acceptors (Lipinski definition) is 3. The van der Waals surface area contributed by atoms with Gasteiger partial charge in [0.1, 0.15) is 0 Å². The third-order valence-corrected chi connectivity index (χ3v) is 4.48. The van der Waals surface area contributed by atoms with Crippen LogP contribution < -0.4 is 0 Å². The van der Waals surface area contributed by atoms with Gasteiger partial charge >= 0.3 is 0 Å².